The first kappa shape index (κ1) is 20.4. The lowest BCUT2D eigenvalue weighted by Crippen LogP contribution is -2.46. The highest BCUT2D eigenvalue weighted by atomic mass is 16.7. The molecule has 0 aromatic carbocycles. The second-order valence-corrected chi connectivity index (χ2v) is 7.56. The summed E-state index contributed by atoms with van der Waals surface area (Å²) in [7, 11) is 0. The fourth-order valence-corrected chi connectivity index (χ4v) is 3.03. The van der Waals surface area contributed by atoms with Gasteiger partial charge in [0.05, 0.1) is 13.2 Å². The maximum Gasteiger partial charge on any atom is 0.162 e. The number of allylic oxidation sites excluding steroid dienone is 3. The van der Waals surface area contributed by atoms with Gasteiger partial charge in [-0.05, 0) is 39.5 Å². The summed E-state index contributed by atoms with van der Waals surface area (Å²) in [6, 6.07) is 0. The Morgan fingerprint density at radius 1 is 0.870 bits per heavy atom. The summed E-state index contributed by atoms with van der Waals surface area (Å²) >= 11 is 0. The van der Waals surface area contributed by atoms with Crippen LogP contribution in [-0.4, -0.2) is 19.0 Å². The van der Waals surface area contributed by atoms with Crippen LogP contribution in [0.1, 0.15) is 85.0 Å². The van der Waals surface area contributed by atoms with Gasteiger partial charge >= 0.3 is 0 Å². The monoisotopic (exact) mass is 322 g/mol. The standard InChI is InChI=1S/C21H38O2/c1-5-7-8-9-10-11-12-13-14-15-17-21(16-6-2)18-22-20(3,4)23-19-21/h6,14-15H,2,5,7-13,16-19H2,1,3-4H3. The Kier molecular flexibility index (Phi) is 9.81. The van der Waals surface area contributed by atoms with E-state index in [1.807, 2.05) is 19.9 Å². The molecular formula is C21H38O2. The minimum atomic E-state index is -0.438. The molecule has 1 aliphatic heterocycles. The summed E-state index contributed by atoms with van der Waals surface area (Å²) in [6.45, 7) is 11.7. The molecule has 0 aromatic heterocycles. The van der Waals surface area contributed by atoms with E-state index in [1.165, 1.54) is 51.4 Å². The first-order valence-electron chi connectivity index (χ1n) is 9.57. The van der Waals surface area contributed by atoms with Crippen LogP contribution in [0.15, 0.2) is 24.8 Å². The maximum atomic E-state index is 5.87. The molecule has 23 heavy (non-hydrogen) atoms. The van der Waals surface area contributed by atoms with Crippen molar-refractivity contribution in [2.75, 3.05) is 13.2 Å². The van der Waals surface area contributed by atoms with Gasteiger partial charge in [0.1, 0.15) is 0 Å². The molecule has 1 fully saturated rings. The molecule has 0 atom stereocenters. The predicted octanol–water partition coefficient (Wildman–Crippen LogP) is 6.42. The number of ether oxygens (including phenoxy) is 2. The van der Waals surface area contributed by atoms with Crippen LogP contribution in [-0.2, 0) is 9.47 Å². The quantitative estimate of drug-likeness (QED) is 0.305. The second-order valence-electron chi connectivity index (χ2n) is 7.56. The van der Waals surface area contributed by atoms with Crippen molar-refractivity contribution < 1.29 is 9.47 Å². The Morgan fingerprint density at radius 2 is 1.48 bits per heavy atom. The summed E-state index contributed by atoms with van der Waals surface area (Å²) < 4.78 is 11.7. The molecule has 2 nitrogen and oxygen atoms in total. The highest BCUT2D eigenvalue weighted by Gasteiger charge is 2.38. The van der Waals surface area contributed by atoms with Crippen molar-refractivity contribution in [2.45, 2.75) is 90.8 Å². The lowest BCUT2D eigenvalue weighted by atomic mass is 9.81. The zero-order valence-electron chi connectivity index (χ0n) is 15.7. The number of hydrogen-bond acceptors (Lipinski definition) is 2. The molecule has 2 heteroatoms. The molecule has 1 rings (SSSR count). The van der Waals surface area contributed by atoms with Gasteiger partial charge in [0.25, 0.3) is 0 Å². The van der Waals surface area contributed by atoms with E-state index in [9.17, 15) is 0 Å². The van der Waals surface area contributed by atoms with Gasteiger partial charge < -0.3 is 9.47 Å². The van der Waals surface area contributed by atoms with E-state index in [-0.39, 0.29) is 5.41 Å². The van der Waals surface area contributed by atoms with E-state index in [4.69, 9.17) is 9.47 Å². The zero-order chi connectivity index (χ0) is 17.0. The van der Waals surface area contributed by atoms with E-state index in [0.717, 1.165) is 26.1 Å². The van der Waals surface area contributed by atoms with Crippen LogP contribution in [0.5, 0.6) is 0 Å². The van der Waals surface area contributed by atoms with Crippen LogP contribution in [0.25, 0.3) is 0 Å². The molecule has 0 aromatic rings. The molecular weight excluding hydrogens is 284 g/mol. The summed E-state index contributed by atoms with van der Waals surface area (Å²) in [5, 5.41) is 0. The van der Waals surface area contributed by atoms with Crippen molar-refractivity contribution in [2.24, 2.45) is 5.41 Å². The Hall–Kier alpha value is -0.600. The molecule has 1 saturated heterocycles. The van der Waals surface area contributed by atoms with E-state index in [2.05, 4.69) is 25.7 Å². The van der Waals surface area contributed by atoms with Gasteiger partial charge in [-0.3, -0.25) is 0 Å². The van der Waals surface area contributed by atoms with Gasteiger partial charge in [-0.15, -0.1) is 6.58 Å². The minimum absolute atomic E-state index is 0.0773. The van der Waals surface area contributed by atoms with E-state index >= 15 is 0 Å². The number of rotatable bonds is 12. The van der Waals surface area contributed by atoms with Crippen LogP contribution in [0, 0.1) is 5.41 Å². The predicted molar refractivity (Wildman–Crippen MR) is 99.6 cm³/mol. The Labute approximate surface area is 144 Å². The molecule has 0 bridgehead atoms. The zero-order valence-corrected chi connectivity index (χ0v) is 15.7. The summed E-state index contributed by atoms with van der Waals surface area (Å²) in [5.41, 5.74) is 0.0773. The average molecular weight is 323 g/mol. The smallest absolute Gasteiger partial charge is 0.162 e. The largest absolute Gasteiger partial charge is 0.350 e. The van der Waals surface area contributed by atoms with Crippen LogP contribution in [0.4, 0.5) is 0 Å². The highest BCUT2D eigenvalue weighted by Crippen LogP contribution is 2.36. The van der Waals surface area contributed by atoms with Crippen LogP contribution in [0.2, 0.25) is 0 Å². The topological polar surface area (TPSA) is 18.5 Å². The molecule has 0 saturated carbocycles. The lowest BCUT2D eigenvalue weighted by Gasteiger charge is -2.42. The maximum absolute atomic E-state index is 5.87. The van der Waals surface area contributed by atoms with Crippen molar-refractivity contribution in [3.63, 3.8) is 0 Å². The van der Waals surface area contributed by atoms with Gasteiger partial charge in [-0.2, -0.15) is 0 Å². The summed E-state index contributed by atoms with van der Waals surface area (Å²) in [4.78, 5) is 0. The Balaban J connectivity index is 2.19. The van der Waals surface area contributed by atoms with Gasteiger partial charge in [-0.1, -0.05) is 63.7 Å². The molecule has 0 radical (unpaired) electrons. The fourth-order valence-electron chi connectivity index (χ4n) is 3.03. The van der Waals surface area contributed by atoms with E-state index in [1.54, 1.807) is 0 Å². The normalized spacial score (nSPS) is 20.0. The number of hydrogen-bond donors (Lipinski definition) is 0. The molecule has 134 valence electrons. The van der Waals surface area contributed by atoms with Crippen LogP contribution in [0.3, 0.4) is 0 Å². The average Bonchev–Trinajstić information content (AvgIpc) is 2.52. The third kappa shape index (κ3) is 8.72. The van der Waals surface area contributed by atoms with Crippen LogP contribution >= 0.6 is 0 Å². The van der Waals surface area contributed by atoms with Gasteiger partial charge in [0.15, 0.2) is 5.79 Å². The Morgan fingerprint density at radius 3 is 2.09 bits per heavy atom. The molecule has 1 aliphatic rings. The molecule has 0 unspecified atom stereocenters. The molecule has 0 N–H and O–H groups in total. The van der Waals surface area contributed by atoms with Crippen LogP contribution < -0.4 is 0 Å². The molecule has 1 heterocycles. The lowest BCUT2D eigenvalue weighted by molar-refractivity contribution is -0.284. The fraction of sp³-hybridized carbons (Fsp3) is 0.810. The summed E-state index contributed by atoms with van der Waals surface area (Å²) in [6.07, 6.45) is 19.5. The SMILES string of the molecule is C=CCC1(CC=CCCCCCCCCC)COC(C)(C)OC1. The molecule has 0 aliphatic carbocycles. The first-order chi connectivity index (χ1) is 11.0. The van der Waals surface area contributed by atoms with Crippen molar-refractivity contribution in [3.8, 4) is 0 Å². The van der Waals surface area contributed by atoms with E-state index in [0.29, 0.717) is 0 Å². The van der Waals surface area contributed by atoms with Crippen molar-refractivity contribution in [1.29, 1.82) is 0 Å². The van der Waals surface area contributed by atoms with Gasteiger partial charge in [0, 0.05) is 5.41 Å². The Bertz CT molecular complexity index is 334. The highest BCUT2D eigenvalue weighted by molar-refractivity contribution is 4.96. The van der Waals surface area contributed by atoms with Gasteiger partial charge in [0.2, 0.25) is 0 Å². The molecule has 0 spiro atoms. The van der Waals surface area contributed by atoms with Crippen molar-refractivity contribution in [1.82, 2.24) is 0 Å². The van der Waals surface area contributed by atoms with E-state index < -0.39 is 5.79 Å². The third-order valence-electron chi connectivity index (χ3n) is 4.72. The summed E-state index contributed by atoms with van der Waals surface area (Å²) in [5.74, 6) is -0.438. The molecule has 0 amide bonds. The minimum Gasteiger partial charge on any atom is -0.350 e. The third-order valence-corrected chi connectivity index (χ3v) is 4.72. The van der Waals surface area contributed by atoms with Crippen molar-refractivity contribution in [3.05, 3.63) is 24.8 Å². The second kappa shape index (κ2) is 11.0. The number of unbranched alkanes of at least 4 members (excludes halogenated alkanes) is 7. The van der Waals surface area contributed by atoms with Gasteiger partial charge in [-0.25, -0.2) is 0 Å². The first-order valence-corrected chi connectivity index (χ1v) is 9.57. The van der Waals surface area contributed by atoms with Crippen molar-refractivity contribution >= 4 is 0 Å².